The van der Waals surface area contributed by atoms with Crippen molar-refractivity contribution in [2.75, 3.05) is 13.2 Å². The molecule has 0 aliphatic heterocycles. The zero-order valence-corrected chi connectivity index (χ0v) is 18.4. The molecule has 1 radical (unpaired) electrons. The molecular formula is C20H30CoN2O6. The van der Waals surface area contributed by atoms with Gasteiger partial charge in [0, 0.05) is 41.3 Å². The van der Waals surface area contributed by atoms with Crippen LogP contribution in [0.25, 0.3) is 0 Å². The number of rotatable bonds is 10. The molecular weight excluding hydrogens is 423 g/mol. The first-order valence-electron chi connectivity index (χ1n) is 9.60. The number of carbonyl (C=O) groups is 4. The Balaban J connectivity index is 0.00000784. The molecule has 29 heavy (non-hydrogen) atoms. The maximum atomic E-state index is 11.9. The van der Waals surface area contributed by atoms with E-state index in [4.69, 9.17) is 9.47 Å². The molecule has 0 heterocycles. The molecule has 0 bridgehead atoms. The summed E-state index contributed by atoms with van der Waals surface area (Å²) in [5.74, 6) is -2.09. The molecule has 0 aromatic carbocycles. The zero-order chi connectivity index (χ0) is 21.1. The summed E-state index contributed by atoms with van der Waals surface area (Å²) in [6, 6.07) is -0.159. The van der Waals surface area contributed by atoms with Crippen molar-refractivity contribution in [2.45, 2.75) is 65.5 Å². The van der Waals surface area contributed by atoms with Crippen molar-refractivity contribution in [2.24, 2.45) is 0 Å². The van der Waals surface area contributed by atoms with Crippen LogP contribution in [0.2, 0.25) is 0 Å². The van der Waals surface area contributed by atoms with E-state index in [1.54, 1.807) is 13.8 Å². The minimum Gasteiger partial charge on any atom is -0.462 e. The molecule has 1 saturated carbocycles. The van der Waals surface area contributed by atoms with Gasteiger partial charge in [0.1, 0.15) is 11.1 Å². The SMILES string of the molecule is CCOC(=O)/C(=C/N[C@@H]1CCCC[C@H]1N/C=C(\C(C)=O)C(=O)OCC)C(C)=O.[Co]. The van der Waals surface area contributed by atoms with Crippen LogP contribution in [0.4, 0.5) is 0 Å². The van der Waals surface area contributed by atoms with E-state index in [0.29, 0.717) is 0 Å². The van der Waals surface area contributed by atoms with Gasteiger partial charge in [-0.1, -0.05) is 12.8 Å². The maximum Gasteiger partial charge on any atom is 0.343 e. The number of hydrogen-bond donors (Lipinski definition) is 2. The van der Waals surface area contributed by atoms with Crippen molar-refractivity contribution < 1.29 is 45.4 Å². The number of carbonyl (C=O) groups excluding carboxylic acids is 4. The number of Topliss-reactive ketones (excluding diaryl/α,β-unsaturated/α-hetero) is 2. The first-order valence-corrected chi connectivity index (χ1v) is 9.60. The number of ether oxygens (including phenoxy) is 2. The molecule has 1 aliphatic rings. The summed E-state index contributed by atoms with van der Waals surface area (Å²) in [6.07, 6.45) is 6.38. The number of hydrogen-bond acceptors (Lipinski definition) is 8. The van der Waals surface area contributed by atoms with Crippen LogP contribution in [0.3, 0.4) is 0 Å². The minimum absolute atomic E-state index is 0. The van der Waals surface area contributed by atoms with Crippen LogP contribution < -0.4 is 10.6 Å². The Morgan fingerprint density at radius 2 is 1.14 bits per heavy atom. The predicted molar refractivity (Wildman–Crippen MR) is 103 cm³/mol. The molecule has 0 amide bonds. The summed E-state index contributed by atoms with van der Waals surface area (Å²) in [7, 11) is 0. The Labute approximate surface area is 182 Å². The van der Waals surface area contributed by atoms with Crippen molar-refractivity contribution in [3.05, 3.63) is 23.5 Å². The quantitative estimate of drug-likeness (QED) is 0.222. The molecule has 165 valence electrons. The summed E-state index contributed by atoms with van der Waals surface area (Å²) >= 11 is 0. The maximum absolute atomic E-state index is 11.9. The molecule has 8 nitrogen and oxygen atoms in total. The van der Waals surface area contributed by atoms with Crippen molar-refractivity contribution in [1.29, 1.82) is 0 Å². The Bertz CT molecular complexity index is 603. The Morgan fingerprint density at radius 1 is 0.793 bits per heavy atom. The Kier molecular flexibility index (Phi) is 12.9. The molecule has 1 rings (SSSR count). The largest absolute Gasteiger partial charge is 0.462 e. The van der Waals surface area contributed by atoms with Crippen LogP contribution in [-0.2, 0) is 45.4 Å². The third kappa shape index (κ3) is 8.82. The number of nitrogens with one attached hydrogen (secondary N) is 2. The molecule has 0 aromatic heterocycles. The van der Waals surface area contributed by atoms with Gasteiger partial charge in [0.15, 0.2) is 11.6 Å². The van der Waals surface area contributed by atoms with Crippen LogP contribution in [-0.4, -0.2) is 48.8 Å². The van der Waals surface area contributed by atoms with Crippen molar-refractivity contribution in [3.8, 4) is 0 Å². The van der Waals surface area contributed by atoms with Crippen LogP contribution in [0, 0.1) is 0 Å². The van der Waals surface area contributed by atoms with Crippen LogP contribution >= 0.6 is 0 Å². The van der Waals surface area contributed by atoms with Gasteiger partial charge in [-0.15, -0.1) is 0 Å². The normalized spacial score (nSPS) is 19.4. The average molecular weight is 453 g/mol. The van der Waals surface area contributed by atoms with Gasteiger partial charge in [-0.05, 0) is 40.5 Å². The third-order valence-electron chi connectivity index (χ3n) is 4.40. The van der Waals surface area contributed by atoms with E-state index in [1.807, 2.05) is 0 Å². The molecule has 9 heteroatoms. The van der Waals surface area contributed by atoms with E-state index in [2.05, 4.69) is 10.6 Å². The molecule has 2 N–H and O–H groups in total. The van der Waals surface area contributed by atoms with Gasteiger partial charge >= 0.3 is 11.9 Å². The van der Waals surface area contributed by atoms with E-state index in [-0.39, 0.29) is 64.8 Å². The second-order valence-corrected chi connectivity index (χ2v) is 6.50. The first kappa shape index (κ1) is 26.9. The molecule has 2 atom stereocenters. The summed E-state index contributed by atoms with van der Waals surface area (Å²) in [6.45, 7) is 6.33. The van der Waals surface area contributed by atoms with Crippen molar-refractivity contribution in [1.82, 2.24) is 10.6 Å². The average Bonchev–Trinajstić information content (AvgIpc) is 2.63. The van der Waals surface area contributed by atoms with Gasteiger partial charge in [-0.25, -0.2) is 9.59 Å². The fraction of sp³-hybridized carbons (Fsp3) is 0.600. The van der Waals surface area contributed by atoms with Crippen molar-refractivity contribution in [3.63, 3.8) is 0 Å². The molecule has 0 aromatic rings. The molecule has 0 spiro atoms. The second-order valence-electron chi connectivity index (χ2n) is 6.50. The van der Waals surface area contributed by atoms with E-state index >= 15 is 0 Å². The number of ketones is 2. The summed E-state index contributed by atoms with van der Waals surface area (Å²) in [4.78, 5) is 47.2. The number of esters is 2. The monoisotopic (exact) mass is 453 g/mol. The summed E-state index contributed by atoms with van der Waals surface area (Å²) in [5.41, 5.74) is -0.0877. The van der Waals surface area contributed by atoms with Gasteiger partial charge < -0.3 is 20.1 Å². The van der Waals surface area contributed by atoms with E-state index in [0.717, 1.165) is 25.7 Å². The van der Waals surface area contributed by atoms with Crippen molar-refractivity contribution >= 4 is 23.5 Å². The molecule has 0 saturated heterocycles. The first-order chi connectivity index (χ1) is 13.3. The van der Waals surface area contributed by atoms with Gasteiger partial charge in [0.2, 0.25) is 0 Å². The van der Waals surface area contributed by atoms with E-state index in [1.165, 1.54) is 26.2 Å². The predicted octanol–water partition coefficient (Wildman–Crippen LogP) is 1.55. The van der Waals surface area contributed by atoms with Gasteiger partial charge in [-0.2, -0.15) is 0 Å². The fourth-order valence-electron chi connectivity index (χ4n) is 2.94. The Morgan fingerprint density at radius 3 is 1.41 bits per heavy atom. The topological polar surface area (TPSA) is 111 Å². The van der Waals surface area contributed by atoms with Crippen LogP contribution in [0.5, 0.6) is 0 Å². The second kappa shape index (κ2) is 13.9. The van der Waals surface area contributed by atoms with Crippen LogP contribution in [0.1, 0.15) is 53.4 Å². The standard InChI is InChI=1S/C20H30N2O6.Co/c1-5-27-19(25)15(13(3)23)11-21-17-9-7-8-10-18(17)22-12-16(14(4)24)20(26)28-6-2;/h11-12,17-18,21-22H,5-10H2,1-4H3;/b15-11+,16-12+;/t17-,18-;/m1./s1. The van der Waals surface area contributed by atoms with Gasteiger partial charge in [-0.3, -0.25) is 9.59 Å². The molecule has 1 aliphatic carbocycles. The smallest absolute Gasteiger partial charge is 0.343 e. The van der Waals surface area contributed by atoms with E-state index in [9.17, 15) is 19.2 Å². The van der Waals surface area contributed by atoms with Gasteiger partial charge in [0.25, 0.3) is 0 Å². The molecule has 0 unspecified atom stereocenters. The summed E-state index contributed by atoms with van der Waals surface area (Å²) < 4.78 is 9.81. The molecule has 1 fully saturated rings. The van der Waals surface area contributed by atoms with Gasteiger partial charge in [0.05, 0.1) is 13.2 Å². The Hall–Kier alpha value is -2.13. The third-order valence-corrected chi connectivity index (χ3v) is 4.40. The zero-order valence-electron chi connectivity index (χ0n) is 17.3. The van der Waals surface area contributed by atoms with Crippen LogP contribution in [0.15, 0.2) is 23.5 Å². The minimum atomic E-state index is -0.663. The summed E-state index contributed by atoms with van der Waals surface area (Å²) in [5, 5.41) is 6.25. The van der Waals surface area contributed by atoms with E-state index < -0.39 is 11.9 Å². The fourth-order valence-corrected chi connectivity index (χ4v) is 2.94.